The Kier molecular flexibility index (Phi) is 3.70. The Balaban J connectivity index is 1.88. The summed E-state index contributed by atoms with van der Waals surface area (Å²) in [6.07, 6.45) is 4.64. The highest BCUT2D eigenvalue weighted by molar-refractivity contribution is 5.38. The van der Waals surface area contributed by atoms with Crippen LogP contribution in [0.3, 0.4) is 0 Å². The van der Waals surface area contributed by atoms with Crippen molar-refractivity contribution >= 4 is 11.9 Å². The van der Waals surface area contributed by atoms with Crippen LogP contribution >= 0.6 is 0 Å². The van der Waals surface area contributed by atoms with Gasteiger partial charge in [-0.1, -0.05) is 6.92 Å². The molecule has 8 heteroatoms. The molecule has 3 rings (SSSR count). The van der Waals surface area contributed by atoms with Crippen molar-refractivity contribution in [2.24, 2.45) is 5.92 Å². The van der Waals surface area contributed by atoms with Gasteiger partial charge >= 0.3 is 0 Å². The number of hydrogen-bond donors (Lipinski definition) is 1. The van der Waals surface area contributed by atoms with Gasteiger partial charge in [0.15, 0.2) is 0 Å². The Labute approximate surface area is 123 Å². The summed E-state index contributed by atoms with van der Waals surface area (Å²) in [6, 6.07) is 1.81. The molecule has 0 aromatic carbocycles. The third-order valence-corrected chi connectivity index (χ3v) is 3.81. The quantitative estimate of drug-likeness (QED) is 0.879. The minimum atomic E-state index is 0.171. The lowest BCUT2D eigenvalue weighted by molar-refractivity contribution is 0.0494. The number of nitrogen functional groups attached to an aromatic ring is 1. The predicted molar refractivity (Wildman–Crippen MR) is 78.2 cm³/mol. The average molecular weight is 289 g/mol. The molecule has 0 radical (unpaired) electrons. The topological polar surface area (TPSA) is 95.0 Å². The van der Waals surface area contributed by atoms with Crippen LogP contribution in [0.5, 0.6) is 0 Å². The third kappa shape index (κ3) is 2.80. The summed E-state index contributed by atoms with van der Waals surface area (Å²) in [6.45, 7) is 3.82. The fourth-order valence-corrected chi connectivity index (χ4v) is 2.52. The fraction of sp³-hybridized carbons (Fsp3) is 0.538. The molecular formula is C13H19N7O. The highest BCUT2D eigenvalue weighted by Crippen LogP contribution is 2.23. The van der Waals surface area contributed by atoms with Crippen molar-refractivity contribution in [2.45, 2.75) is 19.4 Å². The van der Waals surface area contributed by atoms with Gasteiger partial charge in [0.05, 0.1) is 6.10 Å². The first-order valence-corrected chi connectivity index (χ1v) is 6.96. The van der Waals surface area contributed by atoms with Crippen LogP contribution in [0.1, 0.15) is 13.3 Å². The van der Waals surface area contributed by atoms with Gasteiger partial charge in [0, 0.05) is 32.6 Å². The van der Waals surface area contributed by atoms with Crippen LogP contribution in [-0.4, -0.2) is 51.0 Å². The summed E-state index contributed by atoms with van der Waals surface area (Å²) in [4.78, 5) is 14.9. The van der Waals surface area contributed by atoms with E-state index in [9.17, 15) is 0 Å². The van der Waals surface area contributed by atoms with Crippen molar-refractivity contribution in [1.82, 2.24) is 24.7 Å². The zero-order valence-corrected chi connectivity index (χ0v) is 12.2. The summed E-state index contributed by atoms with van der Waals surface area (Å²) < 4.78 is 7.10. The second-order valence-electron chi connectivity index (χ2n) is 5.23. The van der Waals surface area contributed by atoms with Gasteiger partial charge in [-0.05, 0) is 18.4 Å². The van der Waals surface area contributed by atoms with Gasteiger partial charge < -0.3 is 15.4 Å². The number of anilines is 2. The first-order valence-electron chi connectivity index (χ1n) is 6.96. The summed E-state index contributed by atoms with van der Waals surface area (Å²) >= 11 is 0. The van der Waals surface area contributed by atoms with Gasteiger partial charge in [0.1, 0.15) is 0 Å². The number of piperidine rings is 1. The minimum absolute atomic E-state index is 0.171. The SMILES string of the molecule is COC1CN(c2nc(N)nc(-n3cccn3)n2)CCC1C. The van der Waals surface area contributed by atoms with E-state index in [0.717, 1.165) is 19.5 Å². The molecule has 1 aliphatic heterocycles. The van der Waals surface area contributed by atoms with Crippen molar-refractivity contribution in [3.8, 4) is 5.95 Å². The van der Waals surface area contributed by atoms with Gasteiger partial charge in [0.25, 0.3) is 5.95 Å². The van der Waals surface area contributed by atoms with Crippen LogP contribution in [-0.2, 0) is 4.74 Å². The largest absolute Gasteiger partial charge is 0.379 e. The van der Waals surface area contributed by atoms with E-state index in [2.05, 4.69) is 31.9 Å². The summed E-state index contributed by atoms with van der Waals surface area (Å²) in [5, 5.41) is 4.12. The second-order valence-corrected chi connectivity index (χ2v) is 5.23. The van der Waals surface area contributed by atoms with E-state index in [4.69, 9.17) is 10.5 Å². The molecule has 1 saturated heterocycles. The molecule has 8 nitrogen and oxygen atoms in total. The molecular weight excluding hydrogens is 270 g/mol. The average Bonchev–Trinajstić information content (AvgIpc) is 3.01. The van der Waals surface area contributed by atoms with Gasteiger partial charge in [-0.15, -0.1) is 0 Å². The molecule has 0 aliphatic carbocycles. The number of nitrogens with zero attached hydrogens (tertiary/aromatic N) is 6. The van der Waals surface area contributed by atoms with Crippen LogP contribution in [0.2, 0.25) is 0 Å². The monoisotopic (exact) mass is 289 g/mol. The highest BCUT2D eigenvalue weighted by atomic mass is 16.5. The van der Waals surface area contributed by atoms with Crippen molar-refractivity contribution in [1.29, 1.82) is 0 Å². The zero-order valence-electron chi connectivity index (χ0n) is 12.2. The normalized spacial score (nSPS) is 22.5. The van der Waals surface area contributed by atoms with E-state index in [0.29, 0.717) is 17.8 Å². The van der Waals surface area contributed by atoms with Crippen LogP contribution < -0.4 is 10.6 Å². The summed E-state index contributed by atoms with van der Waals surface area (Å²) in [5.41, 5.74) is 5.81. The lowest BCUT2D eigenvalue weighted by Crippen LogP contribution is -2.44. The maximum absolute atomic E-state index is 5.81. The van der Waals surface area contributed by atoms with Crippen molar-refractivity contribution < 1.29 is 4.74 Å². The number of hydrogen-bond acceptors (Lipinski definition) is 7. The lowest BCUT2D eigenvalue weighted by Gasteiger charge is -2.36. The molecule has 3 heterocycles. The molecule has 21 heavy (non-hydrogen) atoms. The molecule has 0 spiro atoms. The predicted octanol–water partition coefficient (Wildman–Crippen LogP) is 0.501. The minimum Gasteiger partial charge on any atom is -0.379 e. The van der Waals surface area contributed by atoms with Gasteiger partial charge in [0.2, 0.25) is 11.9 Å². The molecule has 2 atom stereocenters. The zero-order chi connectivity index (χ0) is 14.8. The van der Waals surface area contributed by atoms with Crippen LogP contribution in [0.25, 0.3) is 5.95 Å². The van der Waals surface area contributed by atoms with E-state index in [1.54, 1.807) is 24.2 Å². The van der Waals surface area contributed by atoms with E-state index in [1.165, 1.54) is 0 Å². The van der Waals surface area contributed by atoms with Crippen LogP contribution in [0.4, 0.5) is 11.9 Å². The molecule has 2 N–H and O–H groups in total. The molecule has 0 saturated carbocycles. The Morgan fingerprint density at radius 3 is 2.81 bits per heavy atom. The third-order valence-electron chi connectivity index (χ3n) is 3.81. The Hall–Kier alpha value is -2.22. The van der Waals surface area contributed by atoms with Crippen LogP contribution in [0.15, 0.2) is 18.5 Å². The summed E-state index contributed by atoms with van der Waals surface area (Å²) in [5.74, 6) is 1.71. The van der Waals surface area contributed by atoms with Crippen molar-refractivity contribution in [2.75, 3.05) is 30.8 Å². The Morgan fingerprint density at radius 2 is 2.10 bits per heavy atom. The number of methoxy groups -OCH3 is 1. The number of ether oxygens (including phenoxy) is 1. The first-order chi connectivity index (χ1) is 10.2. The smallest absolute Gasteiger partial charge is 0.257 e. The standard InChI is InChI=1S/C13H19N7O/c1-9-4-7-19(8-10(9)21-2)12-16-11(14)17-13(18-12)20-6-3-5-15-20/h3,5-6,9-10H,4,7-8H2,1-2H3,(H2,14,16,17,18). The first kappa shape index (κ1) is 13.7. The molecule has 0 bridgehead atoms. The van der Waals surface area contributed by atoms with E-state index in [1.807, 2.05) is 6.07 Å². The number of rotatable bonds is 3. The summed E-state index contributed by atoms with van der Waals surface area (Å²) in [7, 11) is 1.74. The van der Waals surface area contributed by atoms with E-state index < -0.39 is 0 Å². The lowest BCUT2D eigenvalue weighted by atomic mass is 9.96. The van der Waals surface area contributed by atoms with E-state index >= 15 is 0 Å². The maximum atomic E-state index is 5.81. The Morgan fingerprint density at radius 1 is 1.29 bits per heavy atom. The fourth-order valence-electron chi connectivity index (χ4n) is 2.52. The molecule has 112 valence electrons. The maximum Gasteiger partial charge on any atom is 0.257 e. The molecule has 2 aromatic heterocycles. The van der Waals surface area contributed by atoms with Gasteiger partial charge in [-0.2, -0.15) is 20.1 Å². The Bertz CT molecular complexity index is 601. The molecule has 2 unspecified atom stereocenters. The van der Waals surface area contributed by atoms with Crippen molar-refractivity contribution in [3.05, 3.63) is 18.5 Å². The second kappa shape index (κ2) is 5.65. The number of nitrogens with two attached hydrogens (primary N) is 1. The molecule has 1 fully saturated rings. The van der Waals surface area contributed by atoms with Gasteiger partial charge in [-0.25, -0.2) is 4.68 Å². The van der Waals surface area contributed by atoms with Crippen molar-refractivity contribution in [3.63, 3.8) is 0 Å². The van der Waals surface area contributed by atoms with E-state index in [-0.39, 0.29) is 12.1 Å². The highest BCUT2D eigenvalue weighted by Gasteiger charge is 2.28. The number of aromatic nitrogens is 5. The molecule has 1 aliphatic rings. The molecule has 2 aromatic rings. The van der Waals surface area contributed by atoms with Gasteiger partial charge in [-0.3, -0.25) is 0 Å². The molecule has 0 amide bonds. The van der Waals surface area contributed by atoms with Crippen LogP contribution in [0, 0.1) is 5.92 Å².